The molecule has 1 aromatic carbocycles. The average Bonchev–Trinajstić information content (AvgIpc) is 3.00. The SMILES string of the molecule is COCOc1ccccc1[C@@H]1C=C(CC/C=C(\C)CCC=C(C)C)C(=O)O1. The van der Waals surface area contributed by atoms with E-state index in [1.165, 1.54) is 11.1 Å². The molecule has 0 N–H and O–H groups in total. The smallest absolute Gasteiger partial charge is 0.334 e. The molecule has 0 bridgehead atoms. The number of ether oxygens (including phenoxy) is 3. The molecular weight excluding hydrogens is 340 g/mol. The second kappa shape index (κ2) is 10.7. The van der Waals surface area contributed by atoms with Crippen LogP contribution in [0.3, 0.4) is 0 Å². The lowest BCUT2D eigenvalue weighted by molar-refractivity contribution is -0.140. The lowest BCUT2D eigenvalue weighted by atomic mass is 10.0. The second-order valence-corrected chi connectivity index (χ2v) is 7.02. The third-order valence-corrected chi connectivity index (χ3v) is 4.40. The minimum absolute atomic E-state index is 0.158. The van der Waals surface area contributed by atoms with Gasteiger partial charge in [-0.1, -0.05) is 41.5 Å². The van der Waals surface area contributed by atoms with E-state index in [4.69, 9.17) is 14.2 Å². The van der Waals surface area contributed by atoms with E-state index in [1.807, 2.05) is 30.3 Å². The largest absolute Gasteiger partial charge is 0.467 e. The van der Waals surface area contributed by atoms with Gasteiger partial charge in [-0.05, 0) is 58.6 Å². The highest BCUT2D eigenvalue weighted by molar-refractivity contribution is 5.91. The third kappa shape index (κ3) is 6.72. The molecule has 0 aromatic heterocycles. The number of allylic oxidation sites excluding steroid dienone is 4. The molecule has 1 aliphatic rings. The fraction of sp³-hybridized carbons (Fsp3) is 0.435. The van der Waals surface area contributed by atoms with Crippen LogP contribution in [-0.2, 0) is 14.3 Å². The molecule has 0 radical (unpaired) electrons. The quantitative estimate of drug-likeness (QED) is 0.302. The first kappa shape index (κ1) is 21.0. The van der Waals surface area contributed by atoms with Gasteiger partial charge in [0.1, 0.15) is 11.9 Å². The molecule has 4 nitrogen and oxygen atoms in total. The van der Waals surface area contributed by atoms with E-state index in [-0.39, 0.29) is 12.8 Å². The molecule has 1 heterocycles. The van der Waals surface area contributed by atoms with Crippen LogP contribution in [0.15, 0.2) is 59.2 Å². The van der Waals surface area contributed by atoms with Crippen molar-refractivity contribution in [3.63, 3.8) is 0 Å². The van der Waals surface area contributed by atoms with Gasteiger partial charge in [0.25, 0.3) is 0 Å². The predicted molar refractivity (Wildman–Crippen MR) is 108 cm³/mol. The molecule has 4 heteroatoms. The van der Waals surface area contributed by atoms with Crippen LogP contribution < -0.4 is 4.74 Å². The summed E-state index contributed by atoms with van der Waals surface area (Å²) in [4.78, 5) is 12.2. The third-order valence-electron chi connectivity index (χ3n) is 4.40. The summed E-state index contributed by atoms with van der Waals surface area (Å²) in [6, 6.07) is 7.56. The van der Waals surface area contributed by atoms with Crippen LogP contribution in [0, 0.1) is 0 Å². The van der Waals surface area contributed by atoms with Crippen LogP contribution in [0.2, 0.25) is 0 Å². The van der Waals surface area contributed by atoms with E-state index in [1.54, 1.807) is 7.11 Å². The maximum absolute atomic E-state index is 12.2. The zero-order chi connectivity index (χ0) is 19.6. The molecule has 2 rings (SSSR count). The van der Waals surface area contributed by atoms with Gasteiger partial charge in [-0.15, -0.1) is 0 Å². The zero-order valence-electron chi connectivity index (χ0n) is 16.8. The Bertz CT molecular complexity index is 724. The van der Waals surface area contributed by atoms with Crippen molar-refractivity contribution >= 4 is 5.97 Å². The van der Waals surface area contributed by atoms with Crippen LogP contribution in [0.5, 0.6) is 5.75 Å². The molecule has 0 fully saturated rings. The molecule has 146 valence electrons. The van der Waals surface area contributed by atoms with E-state index in [9.17, 15) is 4.79 Å². The number of rotatable bonds is 10. The summed E-state index contributed by atoms with van der Waals surface area (Å²) in [6.07, 6.45) is 9.63. The van der Waals surface area contributed by atoms with Gasteiger partial charge in [-0.25, -0.2) is 4.79 Å². The molecule has 0 saturated heterocycles. The van der Waals surface area contributed by atoms with E-state index in [0.29, 0.717) is 12.2 Å². The topological polar surface area (TPSA) is 44.8 Å². The molecule has 1 aromatic rings. The van der Waals surface area contributed by atoms with Gasteiger partial charge in [0, 0.05) is 18.2 Å². The van der Waals surface area contributed by atoms with Crippen molar-refractivity contribution in [2.75, 3.05) is 13.9 Å². The van der Waals surface area contributed by atoms with Crippen molar-refractivity contribution in [1.29, 1.82) is 0 Å². The lowest BCUT2D eigenvalue weighted by Gasteiger charge is -2.14. The molecule has 1 aliphatic heterocycles. The number of hydrogen-bond donors (Lipinski definition) is 0. The molecule has 0 saturated carbocycles. The number of cyclic esters (lactones) is 1. The summed E-state index contributed by atoms with van der Waals surface area (Å²) in [5.41, 5.74) is 4.28. The summed E-state index contributed by atoms with van der Waals surface area (Å²) >= 11 is 0. The van der Waals surface area contributed by atoms with E-state index in [0.717, 1.165) is 30.4 Å². The Morgan fingerprint density at radius 1 is 1.15 bits per heavy atom. The fourth-order valence-corrected chi connectivity index (χ4v) is 2.95. The minimum Gasteiger partial charge on any atom is -0.467 e. The Hall–Kier alpha value is -2.33. The summed E-state index contributed by atoms with van der Waals surface area (Å²) < 4.78 is 16.1. The van der Waals surface area contributed by atoms with Gasteiger partial charge in [-0.3, -0.25) is 0 Å². The Morgan fingerprint density at radius 2 is 1.93 bits per heavy atom. The Labute approximate surface area is 162 Å². The summed E-state index contributed by atoms with van der Waals surface area (Å²) in [5, 5.41) is 0. The maximum atomic E-state index is 12.2. The first-order valence-electron chi connectivity index (χ1n) is 9.42. The number of carbonyl (C=O) groups is 1. The number of carbonyl (C=O) groups excluding carboxylic acids is 1. The lowest BCUT2D eigenvalue weighted by Crippen LogP contribution is -2.06. The number of para-hydroxylation sites is 1. The van der Waals surface area contributed by atoms with E-state index >= 15 is 0 Å². The summed E-state index contributed by atoms with van der Waals surface area (Å²) in [5.74, 6) is 0.432. The second-order valence-electron chi connectivity index (χ2n) is 7.02. The van der Waals surface area contributed by atoms with Crippen molar-refractivity contribution in [3.8, 4) is 5.75 Å². The number of methoxy groups -OCH3 is 1. The van der Waals surface area contributed by atoms with Crippen molar-refractivity contribution in [3.05, 3.63) is 64.8 Å². The van der Waals surface area contributed by atoms with Gasteiger partial charge in [0.2, 0.25) is 0 Å². The van der Waals surface area contributed by atoms with Gasteiger partial charge in [0.15, 0.2) is 6.79 Å². The van der Waals surface area contributed by atoms with E-state index in [2.05, 4.69) is 32.9 Å². The molecule has 0 aliphatic carbocycles. The van der Waals surface area contributed by atoms with Crippen LogP contribution in [0.25, 0.3) is 0 Å². The van der Waals surface area contributed by atoms with E-state index < -0.39 is 6.10 Å². The van der Waals surface area contributed by atoms with Gasteiger partial charge >= 0.3 is 5.97 Å². The fourth-order valence-electron chi connectivity index (χ4n) is 2.95. The van der Waals surface area contributed by atoms with Crippen molar-refractivity contribution < 1.29 is 19.0 Å². The maximum Gasteiger partial charge on any atom is 0.334 e. The molecule has 0 spiro atoms. The van der Waals surface area contributed by atoms with Crippen molar-refractivity contribution in [1.82, 2.24) is 0 Å². The first-order chi connectivity index (χ1) is 13.0. The molecular formula is C23H30O4. The highest BCUT2D eigenvalue weighted by Gasteiger charge is 2.28. The highest BCUT2D eigenvalue weighted by Crippen LogP contribution is 2.35. The first-order valence-corrected chi connectivity index (χ1v) is 9.42. The normalized spacial score (nSPS) is 16.7. The standard InChI is InChI=1S/C23H30O4/c1-17(2)9-7-10-18(3)11-8-12-19-15-22(27-23(19)24)20-13-5-6-14-21(20)26-16-25-4/h5-6,9,11,13-15,22H,7-8,10,12,16H2,1-4H3/b18-11+/t22-/m0/s1. The van der Waals surface area contributed by atoms with Gasteiger partial charge < -0.3 is 14.2 Å². The molecule has 0 amide bonds. The summed E-state index contributed by atoms with van der Waals surface area (Å²) in [6.45, 7) is 6.54. The van der Waals surface area contributed by atoms with Crippen LogP contribution >= 0.6 is 0 Å². The van der Waals surface area contributed by atoms with Gasteiger partial charge in [-0.2, -0.15) is 0 Å². The predicted octanol–water partition coefficient (Wildman–Crippen LogP) is 5.67. The zero-order valence-corrected chi connectivity index (χ0v) is 16.8. The summed E-state index contributed by atoms with van der Waals surface area (Å²) in [7, 11) is 1.57. The number of benzene rings is 1. The monoisotopic (exact) mass is 370 g/mol. The Kier molecular flexibility index (Phi) is 8.34. The molecule has 1 atom stereocenters. The number of hydrogen-bond acceptors (Lipinski definition) is 4. The molecule has 27 heavy (non-hydrogen) atoms. The van der Waals surface area contributed by atoms with Crippen molar-refractivity contribution in [2.45, 2.75) is 52.6 Å². The van der Waals surface area contributed by atoms with Gasteiger partial charge in [0.05, 0.1) is 0 Å². The highest BCUT2D eigenvalue weighted by atomic mass is 16.7. The van der Waals surface area contributed by atoms with Crippen LogP contribution in [0.1, 0.15) is 58.1 Å². The Morgan fingerprint density at radius 3 is 2.67 bits per heavy atom. The average molecular weight is 370 g/mol. The minimum atomic E-state index is -0.400. The van der Waals surface area contributed by atoms with Crippen molar-refractivity contribution in [2.24, 2.45) is 0 Å². The Balaban J connectivity index is 1.95. The van der Waals surface area contributed by atoms with Crippen LogP contribution in [0.4, 0.5) is 0 Å². The number of esters is 1. The molecule has 0 unspecified atom stereocenters. The van der Waals surface area contributed by atoms with Crippen LogP contribution in [-0.4, -0.2) is 19.9 Å².